The van der Waals surface area contributed by atoms with Gasteiger partial charge in [-0.15, -0.1) is 0 Å². The van der Waals surface area contributed by atoms with E-state index in [4.69, 9.17) is 0 Å². The van der Waals surface area contributed by atoms with Gasteiger partial charge in [0.25, 0.3) is 0 Å². The molecule has 6 heteroatoms. The van der Waals surface area contributed by atoms with Crippen molar-refractivity contribution in [3.8, 4) is 0 Å². The van der Waals surface area contributed by atoms with Crippen LogP contribution in [0.25, 0.3) is 0 Å². The van der Waals surface area contributed by atoms with Crippen molar-refractivity contribution in [1.29, 1.82) is 0 Å². The van der Waals surface area contributed by atoms with Crippen molar-refractivity contribution in [1.82, 2.24) is 19.9 Å². The molecule has 0 fully saturated rings. The standard InChI is InChI=1S/C9H7N5O/c15-9-11-4-5-12-14(9)13-7-8-2-1-3-10-6-8/h1-7H. The Bertz CT molecular complexity index is 519. The highest BCUT2D eigenvalue weighted by molar-refractivity contribution is 5.78. The van der Waals surface area contributed by atoms with Gasteiger partial charge < -0.3 is 0 Å². The molecule has 0 amide bonds. The highest BCUT2D eigenvalue weighted by Gasteiger charge is 1.91. The summed E-state index contributed by atoms with van der Waals surface area (Å²) < 4.78 is 0. The van der Waals surface area contributed by atoms with Gasteiger partial charge in [0.1, 0.15) is 0 Å². The minimum Gasteiger partial charge on any atom is -0.264 e. The first-order chi connectivity index (χ1) is 7.36. The molecule has 0 aliphatic carbocycles. The fourth-order valence-corrected chi connectivity index (χ4v) is 0.944. The van der Waals surface area contributed by atoms with Crippen molar-refractivity contribution in [3.05, 3.63) is 53.0 Å². The Labute approximate surface area is 84.9 Å². The van der Waals surface area contributed by atoms with Crippen LogP contribution in [0.5, 0.6) is 0 Å². The lowest BCUT2D eigenvalue weighted by molar-refractivity contribution is 0.657. The molecule has 0 aliphatic heterocycles. The molecule has 0 spiro atoms. The molecule has 0 saturated heterocycles. The highest BCUT2D eigenvalue weighted by Crippen LogP contribution is 1.89. The lowest BCUT2D eigenvalue weighted by Gasteiger charge is -1.92. The molecule has 2 heterocycles. The molecule has 15 heavy (non-hydrogen) atoms. The first kappa shape index (κ1) is 9.20. The van der Waals surface area contributed by atoms with E-state index >= 15 is 0 Å². The molecular formula is C9H7N5O. The zero-order valence-electron chi connectivity index (χ0n) is 7.69. The van der Waals surface area contributed by atoms with Crippen LogP contribution in [0.2, 0.25) is 0 Å². The van der Waals surface area contributed by atoms with E-state index in [1.807, 2.05) is 6.07 Å². The lowest BCUT2D eigenvalue weighted by Crippen LogP contribution is -2.21. The number of hydrogen-bond donors (Lipinski definition) is 0. The van der Waals surface area contributed by atoms with Crippen molar-refractivity contribution in [3.63, 3.8) is 0 Å². The van der Waals surface area contributed by atoms with Crippen molar-refractivity contribution in [2.75, 3.05) is 0 Å². The number of rotatable bonds is 2. The third-order valence-electron chi connectivity index (χ3n) is 1.60. The van der Waals surface area contributed by atoms with E-state index in [9.17, 15) is 4.79 Å². The van der Waals surface area contributed by atoms with Gasteiger partial charge in [0.05, 0.1) is 18.6 Å². The van der Waals surface area contributed by atoms with Crippen LogP contribution in [0.3, 0.4) is 0 Å². The summed E-state index contributed by atoms with van der Waals surface area (Å²) in [5.41, 5.74) is 0.271. The van der Waals surface area contributed by atoms with E-state index in [0.717, 1.165) is 10.4 Å². The Morgan fingerprint density at radius 2 is 2.27 bits per heavy atom. The SMILES string of the molecule is O=c1nccnn1N=Cc1cccnc1. The summed E-state index contributed by atoms with van der Waals surface area (Å²) in [5, 5.41) is 7.56. The Morgan fingerprint density at radius 3 is 3.00 bits per heavy atom. The summed E-state index contributed by atoms with van der Waals surface area (Å²) in [4.78, 5) is 19.4. The molecule has 2 aromatic heterocycles. The van der Waals surface area contributed by atoms with Gasteiger partial charge in [0, 0.05) is 18.0 Å². The maximum Gasteiger partial charge on any atom is 0.385 e. The molecule has 0 N–H and O–H groups in total. The van der Waals surface area contributed by atoms with E-state index in [1.165, 1.54) is 18.6 Å². The van der Waals surface area contributed by atoms with Gasteiger partial charge in [-0.2, -0.15) is 15.2 Å². The third-order valence-corrected chi connectivity index (χ3v) is 1.60. The van der Waals surface area contributed by atoms with Gasteiger partial charge in [-0.1, -0.05) is 10.9 Å². The minimum atomic E-state index is -0.516. The summed E-state index contributed by atoms with van der Waals surface area (Å²) in [6, 6.07) is 3.60. The Kier molecular flexibility index (Phi) is 2.59. The summed E-state index contributed by atoms with van der Waals surface area (Å²) in [7, 11) is 0. The average Bonchev–Trinajstić information content (AvgIpc) is 2.29. The van der Waals surface area contributed by atoms with Crippen LogP contribution in [0.4, 0.5) is 0 Å². The van der Waals surface area contributed by atoms with Gasteiger partial charge in [0.2, 0.25) is 0 Å². The molecule has 2 rings (SSSR count). The fraction of sp³-hybridized carbons (Fsp3) is 0. The van der Waals surface area contributed by atoms with Gasteiger partial charge in [-0.25, -0.2) is 4.79 Å². The first-order valence-corrected chi connectivity index (χ1v) is 4.21. The monoisotopic (exact) mass is 201 g/mol. The van der Waals surface area contributed by atoms with Crippen LogP contribution in [0.15, 0.2) is 46.8 Å². The largest absolute Gasteiger partial charge is 0.385 e. The number of aromatic nitrogens is 4. The lowest BCUT2D eigenvalue weighted by atomic mass is 10.3. The summed E-state index contributed by atoms with van der Waals surface area (Å²) >= 11 is 0. The molecular weight excluding hydrogens is 194 g/mol. The predicted molar refractivity (Wildman–Crippen MR) is 53.5 cm³/mol. The molecule has 0 atom stereocenters. The smallest absolute Gasteiger partial charge is 0.264 e. The number of hydrogen-bond acceptors (Lipinski definition) is 5. The quantitative estimate of drug-likeness (QED) is 0.637. The molecule has 6 nitrogen and oxygen atoms in total. The average molecular weight is 201 g/mol. The van der Waals surface area contributed by atoms with Crippen LogP contribution in [0.1, 0.15) is 5.56 Å². The molecule has 0 radical (unpaired) electrons. The van der Waals surface area contributed by atoms with Gasteiger partial charge in [-0.3, -0.25) is 4.98 Å². The zero-order chi connectivity index (χ0) is 10.5. The van der Waals surface area contributed by atoms with E-state index in [-0.39, 0.29) is 0 Å². The summed E-state index contributed by atoms with van der Waals surface area (Å²) in [6.07, 6.45) is 7.49. The number of pyridine rings is 1. The Hall–Kier alpha value is -2.37. The molecule has 74 valence electrons. The maximum atomic E-state index is 11.1. The number of nitrogens with zero attached hydrogens (tertiary/aromatic N) is 5. The van der Waals surface area contributed by atoms with E-state index in [0.29, 0.717) is 0 Å². The van der Waals surface area contributed by atoms with Gasteiger partial charge >= 0.3 is 5.69 Å². The Balaban J connectivity index is 2.27. The third kappa shape index (κ3) is 2.31. The van der Waals surface area contributed by atoms with E-state index in [2.05, 4.69) is 20.2 Å². The summed E-state index contributed by atoms with van der Waals surface area (Å²) in [6.45, 7) is 0. The second-order valence-electron chi connectivity index (χ2n) is 2.65. The second kappa shape index (κ2) is 4.23. The molecule has 0 aromatic carbocycles. The van der Waals surface area contributed by atoms with Crippen LogP contribution >= 0.6 is 0 Å². The van der Waals surface area contributed by atoms with Crippen molar-refractivity contribution in [2.24, 2.45) is 5.10 Å². The van der Waals surface area contributed by atoms with Gasteiger partial charge in [-0.05, 0) is 6.07 Å². The van der Waals surface area contributed by atoms with Crippen molar-refractivity contribution in [2.45, 2.75) is 0 Å². The fourth-order valence-electron chi connectivity index (χ4n) is 0.944. The van der Waals surface area contributed by atoms with Gasteiger partial charge in [0.15, 0.2) is 0 Å². The molecule has 0 aliphatic rings. The molecule has 0 bridgehead atoms. The minimum absolute atomic E-state index is 0.516. The van der Waals surface area contributed by atoms with Crippen molar-refractivity contribution >= 4 is 6.21 Å². The van der Waals surface area contributed by atoms with E-state index < -0.39 is 5.69 Å². The second-order valence-corrected chi connectivity index (χ2v) is 2.65. The van der Waals surface area contributed by atoms with Crippen LogP contribution in [0, 0.1) is 0 Å². The van der Waals surface area contributed by atoms with Crippen LogP contribution < -0.4 is 5.69 Å². The summed E-state index contributed by atoms with van der Waals surface area (Å²) in [5.74, 6) is 0. The van der Waals surface area contributed by atoms with Crippen LogP contribution in [-0.4, -0.2) is 26.1 Å². The first-order valence-electron chi connectivity index (χ1n) is 4.21. The molecule has 0 saturated carbocycles. The zero-order valence-corrected chi connectivity index (χ0v) is 7.69. The topological polar surface area (TPSA) is 73.0 Å². The molecule has 0 unspecified atom stereocenters. The van der Waals surface area contributed by atoms with E-state index in [1.54, 1.807) is 18.5 Å². The predicted octanol–water partition coefficient (Wildman–Crippen LogP) is -0.0845. The molecule has 2 aromatic rings. The normalized spacial score (nSPS) is 10.7. The van der Waals surface area contributed by atoms with Crippen molar-refractivity contribution < 1.29 is 0 Å². The maximum absolute atomic E-state index is 11.1. The Morgan fingerprint density at radius 1 is 1.33 bits per heavy atom. The highest BCUT2D eigenvalue weighted by atomic mass is 16.2. The van der Waals surface area contributed by atoms with Crippen LogP contribution in [-0.2, 0) is 0 Å².